The Hall–Kier alpha value is -2.66. The number of rotatable bonds is 6. The van der Waals surface area contributed by atoms with Gasteiger partial charge in [0.05, 0.1) is 6.61 Å². The Balaban J connectivity index is 1.92. The van der Waals surface area contributed by atoms with Gasteiger partial charge in [-0.3, -0.25) is 9.59 Å². The summed E-state index contributed by atoms with van der Waals surface area (Å²) in [6.07, 6.45) is -0.598. The van der Waals surface area contributed by atoms with Crippen LogP contribution in [0.5, 0.6) is 0 Å². The van der Waals surface area contributed by atoms with Crippen molar-refractivity contribution in [1.29, 1.82) is 0 Å². The van der Waals surface area contributed by atoms with E-state index < -0.39 is 6.10 Å². The maximum Gasteiger partial charge on any atom is 0.253 e. The molecule has 0 saturated carbocycles. The fraction of sp³-hybridized carbons (Fsp3) is 0.222. The molecular weight excluding hydrogens is 292 g/mol. The van der Waals surface area contributed by atoms with Crippen molar-refractivity contribution in [2.45, 2.75) is 19.6 Å². The smallest absolute Gasteiger partial charge is 0.253 e. The molecule has 0 saturated heterocycles. The molecule has 5 nitrogen and oxygen atoms in total. The monoisotopic (exact) mass is 312 g/mol. The molecule has 120 valence electrons. The van der Waals surface area contributed by atoms with Gasteiger partial charge < -0.3 is 15.4 Å². The van der Waals surface area contributed by atoms with E-state index >= 15 is 0 Å². The maximum atomic E-state index is 12.1. The molecule has 0 aliphatic carbocycles. The number of carbonyl (C=O) groups is 2. The fourth-order valence-electron chi connectivity index (χ4n) is 2.00. The Bertz CT molecular complexity index is 671. The van der Waals surface area contributed by atoms with Crippen LogP contribution in [-0.4, -0.2) is 25.0 Å². The molecule has 0 aliphatic rings. The van der Waals surface area contributed by atoms with E-state index in [9.17, 15) is 9.59 Å². The van der Waals surface area contributed by atoms with Crippen LogP contribution in [0.2, 0.25) is 0 Å². The van der Waals surface area contributed by atoms with Crippen LogP contribution in [-0.2, 0) is 16.1 Å². The van der Waals surface area contributed by atoms with E-state index in [1.807, 2.05) is 30.3 Å². The minimum Gasteiger partial charge on any atom is -0.364 e. The third-order valence-corrected chi connectivity index (χ3v) is 3.33. The summed E-state index contributed by atoms with van der Waals surface area (Å²) >= 11 is 0. The Labute approximate surface area is 135 Å². The molecular formula is C18H20N2O3. The molecule has 2 amide bonds. The zero-order valence-electron chi connectivity index (χ0n) is 13.2. The van der Waals surface area contributed by atoms with E-state index in [0.29, 0.717) is 17.9 Å². The first-order valence-electron chi connectivity index (χ1n) is 7.38. The van der Waals surface area contributed by atoms with Gasteiger partial charge in [0.1, 0.15) is 6.10 Å². The highest BCUT2D eigenvalue weighted by Crippen LogP contribution is 2.12. The quantitative estimate of drug-likeness (QED) is 0.861. The first kappa shape index (κ1) is 16.7. The van der Waals surface area contributed by atoms with Crippen LogP contribution in [0.25, 0.3) is 0 Å². The number of amides is 2. The Morgan fingerprint density at radius 1 is 1.09 bits per heavy atom. The number of hydrogen-bond donors (Lipinski definition) is 2. The highest BCUT2D eigenvalue weighted by Gasteiger charge is 2.14. The minimum absolute atomic E-state index is 0.200. The van der Waals surface area contributed by atoms with Crippen LogP contribution in [0.15, 0.2) is 54.6 Å². The molecule has 0 aromatic heterocycles. The third-order valence-electron chi connectivity index (χ3n) is 3.33. The summed E-state index contributed by atoms with van der Waals surface area (Å²) in [5.74, 6) is -0.454. The zero-order valence-corrected chi connectivity index (χ0v) is 13.2. The second-order valence-corrected chi connectivity index (χ2v) is 5.09. The summed E-state index contributed by atoms with van der Waals surface area (Å²) in [5, 5.41) is 5.30. The highest BCUT2D eigenvalue weighted by molar-refractivity contribution is 5.98. The number of benzene rings is 2. The van der Waals surface area contributed by atoms with E-state index in [1.165, 1.54) is 0 Å². The molecule has 2 N–H and O–H groups in total. The second kappa shape index (κ2) is 8.10. The molecule has 0 spiro atoms. The molecule has 1 unspecified atom stereocenters. The van der Waals surface area contributed by atoms with Gasteiger partial charge in [-0.15, -0.1) is 0 Å². The average molecular weight is 312 g/mol. The Morgan fingerprint density at radius 3 is 2.52 bits per heavy atom. The molecule has 5 heteroatoms. The second-order valence-electron chi connectivity index (χ2n) is 5.09. The molecule has 2 aromatic carbocycles. The van der Waals surface area contributed by atoms with E-state index in [1.54, 1.807) is 38.2 Å². The molecule has 2 rings (SSSR count). The number of anilines is 1. The van der Waals surface area contributed by atoms with Crippen molar-refractivity contribution in [3.05, 3.63) is 65.7 Å². The van der Waals surface area contributed by atoms with Crippen LogP contribution < -0.4 is 10.6 Å². The molecule has 0 bridgehead atoms. The van der Waals surface area contributed by atoms with E-state index in [2.05, 4.69) is 10.6 Å². The Kier molecular flexibility index (Phi) is 5.88. The molecule has 0 aliphatic heterocycles. The molecule has 0 radical (unpaired) electrons. The van der Waals surface area contributed by atoms with E-state index in [-0.39, 0.29) is 11.8 Å². The fourth-order valence-corrected chi connectivity index (χ4v) is 2.00. The van der Waals surface area contributed by atoms with Crippen LogP contribution in [0.1, 0.15) is 22.8 Å². The van der Waals surface area contributed by atoms with Gasteiger partial charge in [-0.1, -0.05) is 36.4 Å². The minimum atomic E-state index is -0.598. The topological polar surface area (TPSA) is 67.4 Å². The van der Waals surface area contributed by atoms with Gasteiger partial charge in [0.15, 0.2) is 0 Å². The third kappa shape index (κ3) is 4.93. The van der Waals surface area contributed by atoms with Crippen molar-refractivity contribution in [3.8, 4) is 0 Å². The van der Waals surface area contributed by atoms with Crippen LogP contribution in [0.4, 0.5) is 5.69 Å². The van der Waals surface area contributed by atoms with Crippen LogP contribution in [0, 0.1) is 0 Å². The van der Waals surface area contributed by atoms with Crippen molar-refractivity contribution in [1.82, 2.24) is 5.32 Å². The lowest BCUT2D eigenvalue weighted by Crippen LogP contribution is -2.27. The van der Waals surface area contributed by atoms with E-state index in [0.717, 1.165) is 5.56 Å². The van der Waals surface area contributed by atoms with Crippen molar-refractivity contribution in [2.75, 3.05) is 12.4 Å². The first-order valence-corrected chi connectivity index (χ1v) is 7.38. The van der Waals surface area contributed by atoms with Gasteiger partial charge in [0.2, 0.25) is 0 Å². The molecule has 0 heterocycles. The zero-order chi connectivity index (χ0) is 16.7. The summed E-state index contributed by atoms with van der Waals surface area (Å²) in [7, 11) is 1.56. The van der Waals surface area contributed by atoms with Crippen molar-refractivity contribution in [2.24, 2.45) is 0 Å². The van der Waals surface area contributed by atoms with Crippen molar-refractivity contribution < 1.29 is 14.3 Å². The summed E-state index contributed by atoms with van der Waals surface area (Å²) in [5.41, 5.74) is 2.06. The van der Waals surface area contributed by atoms with Gasteiger partial charge in [0.25, 0.3) is 11.8 Å². The number of hydrogen-bond acceptors (Lipinski definition) is 3. The number of ether oxygens (including phenoxy) is 1. The van der Waals surface area contributed by atoms with Gasteiger partial charge in [0, 0.05) is 18.3 Å². The van der Waals surface area contributed by atoms with Crippen LogP contribution in [0.3, 0.4) is 0 Å². The highest BCUT2D eigenvalue weighted by atomic mass is 16.5. The predicted molar refractivity (Wildman–Crippen MR) is 89.2 cm³/mol. The largest absolute Gasteiger partial charge is 0.364 e. The van der Waals surface area contributed by atoms with E-state index in [4.69, 9.17) is 4.74 Å². The summed E-state index contributed by atoms with van der Waals surface area (Å²) in [6.45, 7) is 2.06. The van der Waals surface area contributed by atoms with Gasteiger partial charge >= 0.3 is 0 Å². The summed E-state index contributed by atoms with van der Waals surface area (Å²) in [4.78, 5) is 23.7. The standard InChI is InChI=1S/C18H20N2O3/c1-13(23-12-14-7-4-3-5-8-14)17(21)20-16-10-6-9-15(11-16)18(22)19-2/h3-11,13H,12H2,1-2H3,(H,19,22)(H,20,21). The predicted octanol–water partition coefficient (Wildman–Crippen LogP) is 2.59. The lowest BCUT2D eigenvalue weighted by molar-refractivity contribution is -0.127. The van der Waals surface area contributed by atoms with Crippen molar-refractivity contribution in [3.63, 3.8) is 0 Å². The summed E-state index contributed by atoms with van der Waals surface area (Å²) < 4.78 is 5.57. The number of carbonyl (C=O) groups excluding carboxylic acids is 2. The molecule has 2 aromatic rings. The molecule has 0 fully saturated rings. The van der Waals surface area contributed by atoms with Crippen molar-refractivity contribution >= 4 is 17.5 Å². The summed E-state index contributed by atoms with van der Waals surface area (Å²) in [6, 6.07) is 16.4. The average Bonchev–Trinajstić information content (AvgIpc) is 2.60. The SMILES string of the molecule is CNC(=O)c1cccc(NC(=O)C(C)OCc2ccccc2)c1. The first-order chi connectivity index (χ1) is 11.1. The normalized spacial score (nSPS) is 11.6. The maximum absolute atomic E-state index is 12.1. The lowest BCUT2D eigenvalue weighted by Gasteiger charge is -2.14. The van der Waals surface area contributed by atoms with Gasteiger partial charge in [-0.05, 0) is 30.7 Å². The number of nitrogens with one attached hydrogen (secondary N) is 2. The van der Waals surface area contributed by atoms with Gasteiger partial charge in [-0.2, -0.15) is 0 Å². The lowest BCUT2D eigenvalue weighted by atomic mass is 10.2. The van der Waals surface area contributed by atoms with Crippen LogP contribution >= 0.6 is 0 Å². The molecule has 23 heavy (non-hydrogen) atoms. The molecule has 1 atom stereocenters. The Morgan fingerprint density at radius 2 is 1.83 bits per heavy atom. The van der Waals surface area contributed by atoms with Gasteiger partial charge in [-0.25, -0.2) is 0 Å².